The van der Waals surface area contributed by atoms with Crippen LogP contribution in [-0.2, 0) is 13.1 Å². The number of halogens is 3. The van der Waals surface area contributed by atoms with Crippen molar-refractivity contribution in [3.05, 3.63) is 82.2 Å². The van der Waals surface area contributed by atoms with Gasteiger partial charge in [0.25, 0.3) is 0 Å². The quantitative estimate of drug-likeness (QED) is 0.279. The average molecular weight is 521 g/mol. The van der Waals surface area contributed by atoms with Crippen molar-refractivity contribution in [1.29, 1.82) is 0 Å². The fourth-order valence-electron chi connectivity index (χ4n) is 3.53. The monoisotopic (exact) mass is 519 g/mol. The zero-order valence-corrected chi connectivity index (χ0v) is 21.2. The Morgan fingerprint density at radius 1 is 0.971 bits per heavy atom. The minimum Gasteiger partial charge on any atom is -0.383 e. The van der Waals surface area contributed by atoms with E-state index in [1.54, 1.807) is 6.20 Å². The van der Waals surface area contributed by atoms with Crippen LogP contribution in [0.3, 0.4) is 0 Å². The SMILES string of the molecule is CN(CCNCc1cn(Cc2ccc(Cl)cc2)nn1)CCNc1ccnc2cc(Cl)ccc12.Cl. The highest BCUT2D eigenvalue weighted by molar-refractivity contribution is 6.31. The second-order valence-electron chi connectivity index (χ2n) is 7.96. The van der Waals surface area contributed by atoms with Crippen LogP contribution in [0.1, 0.15) is 11.3 Å². The molecule has 2 aromatic carbocycles. The van der Waals surface area contributed by atoms with Gasteiger partial charge >= 0.3 is 0 Å². The lowest BCUT2D eigenvalue weighted by Crippen LogP contribution is -2.32. The number of nitrogens with zero attached hydrogens (tertiary/aromatic N) is 5. The van der Waals surface area contributed by atoms with E-state index >= 15 is 0 Å². The van der Waals surface area contributed by atoms with Crippen molar-refractivity contribution in [3.8, 4) is 0 Å². The summed E-state index contributed by atoms with van der Waals surface area (Å²) in [5.74, 6) is 0. The molecule has 0 aliphatic rings. The first-order chi connectivity index (χ1) is 16.1. The van der Waals surface area contributed by atoms with E-state index in [1.165, 1.54) is 0 Å². The Labute approximate surface area is 215 Å². The Balaban J connectivity index is 0.00000324. The largest absolute Gasteiger partial charge is 0.383 e. The Kier molecular flexibility index (Phi) is 9.92. The van der Waals surface area contributed by atoms with Crippen LogP contribution in [0.2, 0.25) is 10.0 Å². The second kappa shape index (κ2) is 12.9. The summed E-state index contributed by atoms with van der Waals surface area (Å²) in [6.45, 7) is 4.95. The number of aromatic nitrogens is 4. The first-order valence-electron chi connectivity index (χ1n) is 10.9. The highest BCUT2D eigenvalue weighted by Crippen LogP contribution is 2.24. The van der Waals surface area contributed by atoms with E-state index in [0.717, 1.165) is 59.0 Å². The fraction of sp³-hybridized carbons (Fsp3) is 0.292. The van der Waals surface area contributed by atoms with Crippen LogP contribution in [0.15, 0.2) is 60.9 Å². The molecule has 7 nitrogen and oxygen atoms in total. The van der Waals surface area contributed by atoms with Gasteiger partial charge in [-0.1, -0.05) is 40.5 Å². The molecule has 0 amide bonds. The summed E-state index contributed by atoms with van der Waals surface area (Å²) in [7, 11) is 2.12. The third-order valence-corrected chi connectivity index (χ3v) is 5.82. The lowest BCUT2D eigenvalue weighted by Gasteiger charge is -2.18. The third kappa shape index (κ3) is 7.55. The standard InChI is InChI=1S/C24H27Cl2N7.ClH/c1-32(13-11-29-23-8-9-28-24-14-20(26)6-7-22(23)24)12-10-27-15-21-17-33(31-30-21)16-18-2-4-19(25)5-3-18;/h2-9,14,17,27H,10-13,15-16H2,1H3,(H,28,29);1H. The molecule has 0 fully saturated rings. The minimum absolute atomic E-state index is 0. The van der Waals surface area contributed by atoms with Crippen LogP contribution in [-0.4, -0.2) is 58.1 Å². The Bertz CT molecular complexity index is 1180. The van der Waals surface area contributed by atoms with E-state index in [1.807, 2.05) is 59.4 Å². The van der Waals surface area contributed by atoms with E-state index < -0.39 is 0 Å². The van der Waals surface area contributed by atoms with Gasteiger partial charge in [0, 0.05) is 60.0 Å². The minimum atomic E-state index is 0. The van der Waals surface area contributed by atoms with Crippen LogP contribution in [0, 0.1) is 0 Å². The van der Waals surface area contributed by atoms with Crippen LogP contribution in [0.4, 0.5) is 5.69 Å². The van der Waals surface area contributed by atoms with E-state index in [0.29, 0.717) is 18.1 Å². The van der Waals surface area contributed by atoms with Gasteiger partial charge in [-0.05, 0) is 49.0 Å². The van der Waals surface area contributed by atoms with Crippen molar-refractivity contribution in [2.24, 2.45) is 0 Å². The van der Waals surface area contributed by atoms with E-state index in [9.17, 15) is 0 Å². The maximum Gasteiger partial charge on any atom is 0.0964 e. The molecule has 0 spiro atoms. The molecule has 10 heteroatoms. The maximum atomic E-state index is 6.07. The molecule has 34 heavy (non-hydrogen) atoms. The molecule has 0 saturated carbocycles. The average Bonchev–Trinajstić information content (AvgIpc) is 3.25. The first-order valence-corrected chi connectivity index (χ1v) is 11.6. The van der Waals surface area contributed by atoms with Crippen molar-refractivity contribution in [2.45, 2.75) is 13.1 Å². The summed E-state index contributed by atoms with van der Waals surface area (Å²) in [6.07, 6.45) is 3.78. The second-order valence-corrected chi connectivity index (χ2v) is 8.83. The van der Waals surface area contributed by atoms with Crippen molar-refractivity contribution < 1.29 is 0 Å². The van der Waals surface area contributed by atoms with Crippen molar-refractivity contribution in [2.75, 3.05) is 38.5 Å². The van der Waals surface area contributed by atoms with E-state index in [4.69, 9.17) is 23.2 Å². The number of anilines is 1. The molecule has 0 aliphatic heterocycles. The number of nitrogens with one attached hydrogen (secondary N) is 2. The van der Waals surface area contributed by atoms with E-state index in [2.05, 4.69) is 37.9 Å². The van der Waals surface area contributed by atoms with Crippen molar-refractivity contribution in [1.82, 2.24) is 30.2 Å². The Morgan fingerprint density at radius 3 is 2.56 bits per heavy atom. The zero-order valence-electron chi connectivity index (χ0n) is 18.9. The molecule has 4 aromatic rings. The lowest BCUT2D eigenvalue weighted by molar-refractivity contribution is 0.343. The molecule has 0 bridgehead atoms. The summed E-state index contributed by atoms with van der Waals surface area (Å²) >= 11 is 12.0. The van der Waals surface area contributed by atoms with Gasteiger partial charge in [0.05, 0.1) is 24.0 Å². The van der Waals surface area contributed by atoms with Gasteiger partial charge in [0.15, 0.2) is 0 Å². The maximum absolute atomic E-state index is 6.07. The van der Waals surface area contributed by atoms with Gasteiger partial charge in [0.1, 0.15) is 0 Å². The molecule has 0 atom stereocenters. The number of pyridine rings is 1. The number of hydrogen-bond donors (Lipinski definition) is 2. The Morgan fingerprint density at radius 2 is 1.74 bits per heavy atom. The number of fused-ring (bicyclic) bond motifs is 1. The smallest absolute Gasteiger partial charge is 0.0964 e. The normalized spacial score (nSPS) is 11.1. The molecule has 2 N–H and O–H groups in total. The highest BCUT2D eigenvalue weighted by Gasteiger charge is 2.05. The first kappa shape index (κ1) is 26.2. The fourth-order valence-corrected chi connectivity index (χ4v) is 3.82. The van der Waals surface area contributed by atoms with Crippen LogP contribution in [0.25, 0.3) is 10.9 Å². The predicted octanol–water partition coefficient (Wildman–Crippen LogP) is 4.74. The number of likely N-dealkylation sites (N-methyl/N-ethyl adjacent to an activating group) is 1. The molecule has 4 rings (SSSR count). The van der Waals surface area contributed by atoms with Crippen LogP contribution >= 0.6 is 35.6 Å². The molecule has 0 radical (unpaired) electrons. The van der Waals surface area contributed by atoms with E-state index in [-0.39, 0.29) is 12.4 Å². The van der Waals surface area contributed by atoms with Gasteiger partial charge in [-0.2, -0.15) is 0 Å². The molecular weight excluding hydrogens is 493 g/mol. The molecule has 2 heterocycles. The van der Waals surface area contributed by atoms with Crippen LogP contribution in [0.5, 0.6) is 0 Å². The number of benzene rings is 2. The predicted molar refractivity (Wildman–Crippen MR) is 142 cm³/mol. The summed E-state index contributed by atoms with van der Waals surface area (Å²) in [6, 6.07) is 15.6. The molecule has 180 valence electrons. The van der Waals surface area contributed by atoms with Gasteiger partial charge in [0.2, 0.25) is 0 Å². The molecular formula is C24H28Cl3N7. The Hall–Kier alpha value is -2.42. The van der Waals surface area contributed by atoms with Crippen LogP contribution < -0.4 is 10.6 Å². The highest BCUT2D eigenvalue weighted by atomic mass is 35.5. The number of hydrogen-bond acceptors (Lipinski definition) is 6. The van der Waals surface area contributed by atoms with Gasteiger partial charge in [-0.25, -0.2) is 4.68 Å². The van der Waals surface area contributed by atoms with Gasteiger partial charge < -0.3 is 15.5 Å². The van der Waals surface area contributed by atoms with Crippen molar-refractivity contribution in [3.63, 3.8) is 0 Å². The molecule has 2 aromatic heterocycles. The lowest BCUT2D eigenvalue weighted by atomic mass is 10.2. The van der Waals surface area contributed by atoms with Gasteiger partial charge in [-0.3, -0.25) is 4.98 Å². The van der Waals surface area contributed by atoms with Gasteiger partial charge in [-0.15, -0.1) is 17.5 Å². The number of rotatable bonds is 11. The summed E-state index contributed by atoms with van der Waals surface area (Å²) in [5.41, 5.74) is 4.04. The summed E-state index contributed by atoms with van der Waals surface area (Å²) in [5, 5.41) is 17.9. The summed E-state index contributed by atoms with van der Waals surface area (Å²) < 4.78 is 1.84. The molecule has 0 aliphatic carbocycles. The molecule has 0 saturated heterocycles. The third-order valence-electron chi connectivity index (χ3n) is 5.33. The molecule has 0 unspecified atom stereocenters. The summed E-state index contributed by atoms with van der Waals surface area (Å²) in [4.78, 5) is 6.68. The van der Waals surface area contributed by atoms with Crippen molar-refractivity contribution >= 4 is 52.2 Å². The topological polar surface area (TPSA) is 70.9 Å². The zero-order chi connectivity index (χ0) is 23.0.